The van der Waals surface area contributed by atoms with Crippen molar-refractivity contribution in [2.75, 3.05) is 0 Å². The maximum atomic E-state index is 6.61. The zero-order chi connectivity index (χ0) is 5.11. The molecule has 1 aliphatic heterocycles. The second-order valence-corrected chi connectivity index (χ2v) is 2.15. The van der Waals surface area contributed by atoms with E-state index >= 15 is 0 Å². The lowest BCUT2D eigenvalue weighted by Crippen LogP contribution is -1.68. The molecule has 0 aromatic rings. The van der Waals surface area contributed by atoms with Crippen LogP contribution in [0.25, 0.3) is 0 Å². The van der Waals surface area contributed by atoms with E-state index in [-0.39, 0.29) is 0 Å². The Hall–Kier alpha value is -0.560. The molecule has 0 unspecified atom stereocenters. The van der Waals surface area contributed by atoms with Gasteiger partial charge >= 0.3 is 8.38 Å². The van der Waals surface area contributed by atoms with Gasteiger partial charge in [-0.3, -0.25) is 0 Å². The van der Waals surface area contributed by atoms with Crippen LogP contribution in [0.5, 0.6) is 0 Å². The molecule has 1 heterocycles. The summed E-state index contributed by atoms with van der Waals surface area (Å²) in [6.45, 7) is 0. The Kier molecular flexibility index (Phi) is 1.27. The van der Waals surface area contributed by atoms with Crippen LogP contribution in [0.2, 0.25) is 0 Å². The highest BCUT2D eigenvalue weighted by atomic mass is 31.2. The molecule has 0 spiro atoms. The van der Waals surface area contributed by atoms with E-state index in [1.807, 2.05) is 0 Å². The van der Waals surface area contributed by atoms with Crippen LogP contribution in [0.15, 0.2) is 12.5 Å². The second kappa shape index (κ2) is 1.94. The molecular weight excluding hydrogens is 113 g/mol. The van der Waals surface area contributed by atoms with Crippen LogP contribution >= 0.6 is 8.38 Å². The molecule has 0 atom stereocenters. The van der Waals surface area contributed by atoms with Crippen molar-refractivity contribution in [2.24, 2.45) is 0 Å². The quantitative estimate of drug-likeness (QED) is 0.417. The Morgan fingerprint density at radius 2 is 2.00 bits per heavy atom. The van der Waals surface area contributed by atoms with E-state index < -0.39 is 8.38 Å². The second-order valence-electron chi connectivity index (χ2n) is 0.897. The minimum Gasteiger partial charge on any atom is -0.439 e. The molecule has 4 heteroatoms. The molecule has 3 nitrogen and oxygen atoms in total. The SMILES string of the molecule is N=CP1OC=CO1. The number of hydrogen-bond acceptors (Lipinski definition) is 3. The number of hydrogen-bond donors (Lipinski definition) is 1. The minimum absolute atomic E-state index is 1.01. The lowest BCUT2D eigenvalue weighted by Gasteiger charge is -1.96. The van der Waals surface area contributed by atoms with Crippen molar-refractivity contribution >= 4 is 14.3 Å². The van der Waals surface area contributed by atoms with E-state index in [9.17, 15) is 0 Å². The van der Waals surface area contributed by atoms with E-state index in [0.717, 1.165) is 5.96 Å². The third kappa shape index (κ3) is 0.904. The summed E-state index contributed by atoms with van der Waals surface area (Å²) in [5, 5.41) is 6.61. The van der Waals surface area contributed by atoms with Gasteiger partial charge in [0.1, 0.15) is 12.5 Å². The molecule has 0 fully saturated rings. The van der Waals surface area contributed by atoms with Crippen molar-refractivity contribution < 1.29 is 9.05 Å². The topological polar surface area (TPSA) is 42.3 Å². The molecule has 0 saturated heterocycles. The van der Waals surface area contributed by atoms with Crippen LogP contribution in [-0.2, 0) is 9.05 Å². The highest BCUT2D eigenvalue weighted by Gasteiger charge is 2.08. The molecule has 0 bridgehead atoms. The average Bonchev–Trinajstić information content (AvgIpc) is 2.14. The molecule has 1 N–H and O–H groups in total. The molecule has 7 heavy (non-hydrogen) atoms. The molecule has 0 aromatic carbocycles. The van der Waals surface area contributed by atoms with Gasteiger partial charge in [0.05, 0.1) is 5.96 Å². The number of rotatable bonds is 1. The molecule has 0 radical (unpaired) electrons. The zero-order valence-corrected chi connectivity index (χ0v) is 4.39. The summed E-state index contributed by atoms with van der Waals surface area (Å²) in [5.41, 5.74) is 0. The predicted molar refractivity (Wildman–Crippen MR) is 27.0 cm³/mol. The summed E-state index contributed by atoms with van der Waals surface area (Å²) >= 11 is 0. The van der Waals surface area contributed by atoms with E-state index in [1.54, 1.807) is 0 Å². The molecule has 1 rings (SSSR count). The summed E-state index contributed by atoms with van der Waals surface area (Å²) in [6.07, 6.45) is 2.88. The van der Waals surface area contributed by atoms with E-state index in [0.29, 0.717) is 0 Å². The predicted octanol–water partition coefficient (Wildman–Crippen LogP) is 1.42. The summed E-state index contributed by atoms with van der Waals surface area (Å²) in [7, 11) is -1.01. The lowest BCUT2D eigenvalue weighted by molar-refractivity contribution is 0.494. The van der Waals surface area contributed by atoms with Gasteiger partial charge in [0, 0.05) is 0 Å². The van der Waals surface area contributed by atoms with Crippen molar-refractivity contribution in [2.45, 2.75) is 0 Å². The van der Waals surface area contributed by atoms with Crippen LogP contribution in [0, 0.1) is 5.41 Å². The Morgan fingerprint density at radius 1 is 1.43 bits per heavy atom. The van der Waals surface area contributed by atoms with Crippen molar-refractivity contribution in [1.29, 1.82) is 5.41 Å². The Labute approximate surface area is 42.4 Å². The van der Waals surface area contributed by atoms with Crippen molar-refractivity contribution in [3.63, 3.8) is 0 Å². The van der Waals surface area contributed by atoms with E-state index in [2.05, 4.69) is 0 Å². The third-order valence-electron chi connectivity index (χ3n) is 0.490. The zero-order valence-electron chi connectivity index (χ0n) is 3.50. The maximum absolute atomic E-state index is 6.61. The fourth-order valence-electron chi connectivity index (χ4n) is 0.255. The molecule has 0 saturated carbocycles. The first-order valence-electron chi connectivity index (χ1n) is 1.72. The van der Waals surface area contributed by atoms with Crippen LogP contribution in [-0.4, -0.2) is 5.96 Å². The Bertz CT molecular complexity index is 95.1. The van der Waals surface area contributed by atoms with Gasteiger partial charge in [-0.05, 0) is 0 Å². The van der Waals surface area contributed by atoms with Crippen molar-refractivity contribution in [1.82, 2.24) is 0 Å². The molecule has 38 valence electrons. The van der Waals surface area contributed by atoms with Crippen molar-refractivity contribution in [3.8, 4) is 0 Å². The summed E-state index contributed by atoms with van der Waals surface area (Å²) < 4.78 is 9.44. The molecule has 0 amide bonds. The fourth-order valence-corrected chi connectivity index (χ4v) is 0.766. The fraction of sp³-hybridized carbons (Fsp3) is 0. The van der Waals surface area contributed by atoms with E-state index in [4.69, 9.17) is 14.5 Å². The first kappa shape index (κ1) is 4.60. The van der Waals surface area contributed by atoms with Crippen molar-refractivity contribution in [3.05, 3.63) is 12.5 Å². The number of nitrogens with one attached hydrogen (secondary N) is 1. The molecule has 0 aliphatic carbocycles. The monoisotopic (exact) mass is 117 g/mol. The van der Waals surface area contributed by atoms with Gasteiger partial charge in [-0.25, -0.2) is 0 Å². The molecule has 0 aromatic heterocycles. The van der Waals surface area contributed by atoms with Crippen LogP contribution in [0.3, 0.4) is 0 Å². The summed E-state index contributed by atoms with van der Waals surface area (Å²) in [4.78, 5) is 0. The van der Waals surface area contributed by atoms with E-state index in [1.165, 1.54) is 12.5 Å². The Balaban J connectivity index is 2.35. The van der Waals surface area contributed by atoms with Gasteiger partial charge in [0.25, 0.3) is 0 Å². The van der Waals surface area contributed by atoms with Crippen LogP contribution in [0.4, 0.5) is 0 Å². The van der Waals surface area contributed by atoms with Crippen LogP contribution in [0.1, 0.15) is 0 Å². The highest BCUT2D eigenvalue weighted by molar-refractivity contribution is 7.63. The Morgan fingerprint density at radius 3 is 2.29 bits per heavy atom. The van der Waals surface area contributed by atoms with Gasteiger partial charge < -0.3 is 14.5 Å². The van der Waals surface area contributed by atoms with Gasteiger partial charge in [0.15, 0.2) is 0 Å². The average molecular weight is 117 g/mol. The summed E-state index contributed by atoms with van der Waals surface area (Å²) in [6, 6.07) is 0. The smallest absolute Gasteiger partial charge is 0.336 e. The lowest BCUT2D eigenvalue weighted by atomic mass is 11.1. The minimum atomic E-state index is -1.01. The van der Waals surface area contributed by atoms with Gasteiger partial charge in [0.2, 0.25) is 0 Å². The van der Waals surface area contributed by atoms with Gasteiger partial charge in [-0.15, -0.1) is 0 Å². The van der Waals surface area contributed by atoms with Crippen LogP contribution < -0.4 is 0 Å². The molecule has 1 aliphatic rings. The first-order chi connectivity index (χ1) is 3.43. The van der Waals surface area contributed by atoms with Gasteiger partial charge in [-0.1, -0.05) is 0 Å². The standard InChI is InChI=1S/C3H4NO2P/c4-3-7-5-1-2-6-7/h1-4H. The highest BCUT2D eigenvalue weighted by Crippen LogP contribution is 2.39. The normalized spacial score (nSPS) is 18.3. The largest absolute Gasteiger partial charge is 0.439 e. The van der Waals surface area contributed by atoms with Gasteiger partial charge in [-0.2, -0.15) is 0 Å². The third-order valence-corrected chi connectivity index (χ3v) is 1.36. The summed E-state index contributed by atoms with van der Waals surface area (Å²) in [5.74, 6) is 1.15. The first-order valence-corrected chi connectivity index (χ1v) is 2.96. The molecular formula is C3H4NO2P. The maximum Gasteiger partial charge on any atom is 0.336 e.